The fraction of sp³-hybridized carbons (Fsp3) is 0.500. The second-order valence-corrected chi connectivity index (χ2v) is 4.98. The fourth-order valence-corrected chi connectivity index (χ4v) is 2.16. The number of amides is 1. The Morgan fingerprint density at radius 3 is 2.80 bits per heavy atom. The number of imidazole rings is 1. The lowest BCUT2D eigenvalue weighted by Gasteiger charge is -2.21. The van der Waals surface area contributed by atoms with Crippen molar-refractivity contribution in [3.05, 3.63) is 36.7 Å². The molecule has 0 radical (unpaired) electrons. The van der Waals surface area contributed by atoms with E-state index in [1.54, 1.807) is 22.0 Å². The smallest absolute Gasteiger partial charge is 0.246 e. The van der Waals surface area contributed by atoms with Crippen LogP contribution in [0, 0.1) is 0 Å². The van der Waals surface area contributed by atoms with E-state index in [1.165, 1.54) is 0 Å². The number of nitrogens with zero attached hydrogens (tertiary/aromatic N) is 5. The minimum Gasteiger partial charge on any atom is -0.344 e. The molecule has 2 aromatic heterocycles. The molecule has 2 heterocycles. The maximum Gasteiger partial charge on any atom is 0.246 e. The van der Waals surface area contributed by atoms with Crippen LogP contribution in [0.3, 0.4) is 0 Å². The summed E-state index contributed by atoms with van der Waals surface area (Å²) < 4.78 is 3.69. The van der Waals surface area contributed by atoms with Crippen molar-refractivity contribution in [2.75, 3.05) is 13.6 Å². The summed E-state index contributed by atoms with van der Waals surface area (Å²) in [5.41, 5.74) is 0. The Kier molecular flexibility index (Phi) is 4.55. The first kappa shape index (κ1) is 14.3. The zero-order valence-corrected chi connectivity index (χ0v) is 12.2. The van der Waals surface area contributed by atoms with Crippen LogP contribution >= 0.6 is 0 Å². The molecule has 20 heavy (non-hydrogen) atoms. The predicted molar refractivity (Wildman–Crippen MR) is 76.1 cm³/mol. The van der Waals surface area contributed by atoms with Gasteiger partial charge in [0.1, 0.15) is 11.9 Å². The Morgan fingerprint density at radius 2 is 2.20 bits per heavy atom. The average molecular weight is 275 g/mol. The molecule has 0 aromatic carbocycles. The van der Waals surface area contributed by atoms with Gasteiger partial charge in [0.2, 0.25) is 5.91 Å². The summed E-state index contributed by atoms with van der Waals surface area (Å²) in [5.74, 6) is 1.12. The van der Waals surface area contributed by atoms with Gasteiger partial charge in [0.25, 0.3) is 0 Å². The Balaban J connectivity index is 1.81. The second-order valence-electron chi connectivity index (χ2n) is 4.98. The fourth-order valence-electron chi connectivity index (χ4n) is 2.16. The van der Waals surface area contributed by atoms with Crippen LogP contribution < -0.4 is 0 Å². The summed E-state index contributed by atoms with van der Waals surface area (Å²) in [4.78, 5) is 18.3. The predicted octanol–water partition coefficient (Wildman–Crippen LogP) is 1.27. The van der Waals surface area contributed by atoms with E-state index in [4.69, 9.17) is 0 Å². The summed E-state index contributed by atoms with van der Waals surface area (Å²) in [5, 5.41) is 4.11. The highest BCUT2D eigenvalue weighted by Crippen LogP contribution is 2.08. The molecule has 2 rings (SSSR count). The van der Waals surface area contributed by atoms with Gasteiger partial charge in [-0.3, -0.25) is 9.48 Å². The number of carbonyl (C=O) groups excluding carboxylic acids is 1. The van der Waals surface area contributed by atoms with Crippen molar-refractivity contribution in [2.45, 2.75) is 25.8 Å². The summed E-state index contributed by atoms with van der Waals surface area (Å²) in [6, 6.07) is 1.56. The molecule has 0 spiro atoms. The molecular weight excluding hydrogens is 254 g/mol. The van der Waals surface area contributed by atoms with E-state index in [-0.39, 0.29) is 11.9 Å². The van der Waals surface area contributed by atoms with Crippen LogP contribution in [-0.2, 0) is 18.3 Å². The molecule has 0 saturated heterocycles. The van der Waals surface area contributed by atoms with Gasteiger partial charge in [-0.25, -0.2) is 4.98 Å². The standard InChI is InChI=1S/C14H21N5O/c1-12(19-10-5-7-16-19)14(20)18(3)9-4-6-13-15-8-11-17(13)2/h5,7-8,10-12H,4,6,9H2,1-3H3/t12-/m1/s1. The van der Waals surface area contributed by atoms with Gasteiger partial charge in [-0.15, -0.1) is 0 Å². The molecular formula is C14H21N5O. The first-order valence-electron chi connectivity index (χ1n) is 6.80. The lowest BCUT2D eigenvalue weighted by molar-refractivity contribution is -0.133. The highest BCUT2D eigenvalue weighted by Gasteiger charge is 2.18. The Labute approximate surface area is 119 Å². The molecule has 0 saturated carbocycles. The third-order valence-corrected chi connectivity index (χ3v) is 3.47. The molecule has 0 N–H and O–H groups in total. The van der Waals surface area contributed by atoms with Gasteiger partial charge < -0.3 is 9.47 Å². The SMILES string of the molecule is C[C@H](C(=O)N(C)CCCc1nccn1C)n1cccn1. The van der Waals surface area contributed by atoms with Gasteiger partial charge in [0.05, 0.1) is 0 Å². The number of rotatable bonds is 6. The zero-order chi connectivity index (χ0) is 14.5. The van der Waals surface area contributed by atoms with Crippen LogP contribution in [-0.4, -0.2) is 43.7 Å². The quantitative estimate of drug-likeness (QED) is 0.797. The summed E-state index contributed by atoms with van der Waals surface area (Å²) >= 11 is 0. The first-order valence-corrected chi connectivity index (χ1v) is 6.80. The Bertz CT molecular complexity index is 546. The number of carbonyl (C=O) groups is 1. The number of aryl methyl sites for hydroxylation is 2. The van der Waals surface area contributed by atoms with Crippen LogP contribution in [0.25, 0.3) is 0 Å². The van der Waals surface area contributed by atoms with Gasteiger partial charge in [-0.1, -0.05) is 0 Å². The van der Waals surface area contributed by atoms with Crippen LogP contribution in [0.5, 0.6) is 0 Å². The molecule has 1 atom stereocenters. The van der Waals surface area contributed by atoms with Gasteiger partial charge in [0.15, 0.2) is 0 Å². The monoisotopic (exact) mass is 275 g/mol. The summed E-state index contributed by atoms with van der Waals surface area (Å²) in [7, 11) is 3.82. The summed E-state index contributed by atoms with van der Waals surface area (Å²) in [6.45, 7) is 2.59. The molecule has 0 unspecified atom stereocenters. The van der Waals surface area contributed by atoms with Gasteiger partial charge in [0, 0.05) is 51.8 Å². The van der Waals surface area contributed by atoms with Crippen molar-refractivity contribution in [3.8, 4) is 0 Å². The van der Waals surface area contributed by atoms with Crippen LogP contribution in [0.4, 0.5) is 0 Å². The van der Waals surface area contributed by atoms with E-state index in [0.29, 0.717) is 0 Å². The maximum atomic E-state index is 12.2. The van der Waals surface area contributed by atoms with E-state index in [9.17, 15) is 4.79 Å². The molecule has 0 bridgehead atoms. The highest BCUT2D eigenvalue weighted by molar-refractivity contribution is 5.79. The van der Waals surface area contributed by atoms with Crippen molar-refractivity contribution in [1.29, 1.82) is 0 Å². The van der Waals surface area contributed by atoms with Crippen LogP contribution in [0.1, 0.15) is 25.2 Å². The van der Waals surface area contributed by atoms with E-state index >= 15 is 0 Å². The highest BCUT2D eigenvalue weighted by atomic mass is 16.2. The number of aromatic nitrogens is 4. The van der Waals surface area contributed by atoms with Gasteiger partial charge in [-0.2, -0.15) is 5.10 Å². The zero-order valence-electron chi connectivity index (χ0n) is 12.2. The van der Waals surface area contributed by atoms with Crippen LogP contribution in [0.2, 0.25) is 0 Å². The molecule has 6 heteroatoms. The van der Waals surface area contributed by atoms with Crippen molar-refractivity contribution in [1.82, 2.24) is 24.2 Å². The first-order chi connectivity index (χ1) is 9.59. The molecule has 0 aliphatic carbocycles. The van der Waals surface area contributed by atoms with Crippen LogP contribution in [0.15, 0.2) is 30.9 Å². The molecule has 0 fully saturated rings. The second kappa shape index (κ2) is 6.36. The molecule has 108 valence electrons. The van der Waals surface area contributed by atoms with Crippen molar-refractivity contribution < 1.29 is 4.79 Å². The van der Waals surface area contributed by atoms with E-state index < -0.39 is 0 Å². The number of likely N-dealkylation sites (N-methyl/N-ethyl adjacent to an activating group) is 1. The average Bonchev–Trinajstić information content (AvgIpc) is 3.09. The minimum absolute atomic E-state index is 0.0774. The third-order valence-electron chi connectivity index (χ3n) is 3.47. The van der Waals surface area contributed by atoms with Crippen molar-refractivity contribution in [3.63, 3.8) is 0 Å². The lowest BCUT2D eigenvalue weighted by atomic mass is 10.2. The Morgan fingerprint density at radius 1 is 1.40 bits per heavy atom. The van der Waals surface area contributed by atoms with Crippen molar-refractivity contribution >= 4 is 5.91 Å². The molecule has 6 nitrogen and oxygen atoms in total. The van der Waals surface area contributed by atoms with Crippen molar-refractivity contribution in [2.24, 2.45) is 7.05 Å². The summed E-state index contributed by atoms with van der Waals surface area (Å²) in [6.07, 6.45) is 9.00. The van der Waals surface area contributed by atoms with E-state index in [2.05, 4.69) is 10.1 Å². The van der Waals surface area contributed by atoms with E-state index in [0.717, 1.165) is 25.2 Å². The largest absolute Gasteiger partial charge is 0.344 e. The van der Waals surface area contributed by atoms with E-state index in [1.807, 2.05) is 44.0 Å². The topological polar surface area (TPSA) is 56.0 Å². The Hall–Kier alpha value is -2.11. The minimum atomic E-state index is -0.261. The number of hydrogen-bond acceptors (Lipinski definition) is 3. The molecule has 0 aliphatic rings. The molecule has 2 aromatic rings. The molecule has 0 aliphatic heterocycles. The number of hydrogen-bond donors (Lipinski definition) is 0. The van der Waals surface area contributed by atoms with Gasteiger partial charge in [-0.05, 0) is 19.4 Å². The third kappa shape index (κ3) is 3.26. The maximum absolute atomic E-state index is 12.2. The van der Waals surface area contributed by atoms with Gasteiger partial charge >= 0.3 is 0 Å². The molecule has 1 amide bonds. The normalized spacial score (nSPS) is 12.3. The lowest BCUT2D eigenvalue weighted by Crippen LogP contribution is -2.34.